The molecule has 12 heteroatoms. The molecule has 0 aromatic carbocycles. The van der Waals surface area contributed by atoms with Crippen molar-refractivity contribution in [3.63, 3.8) is 0 Å². The summed E-state index contributed by atoms with van der Waals surface area (Å²) >= 11 is 0. The first-order valence-electron chi connectivity index (χ1n) is 11.6. The molecule has 10 nitrogen and oxygen atoms in total. The molecule has 1 saturated carbocycles. The van der Waals surface area contributed by atoms with Gasteiger partial charge in [-0.15, -0.1) is 5.10 Å². The number of nitrogens with one attached hydrogen (secondary N) is 2. The van der Waals surface area contributed by atoms with Crippen LogP contribution < -0.4 is 15.4 Å². The highest BCUT2D eigenvalue weighted by molar-refractivity contribution is 5.93. The normalized spacial score (nSPS) is 20.1. The Kier molecular flexibility index (Phi) is 5.99. The predicted octanol–water partition coefficient (Wildman–Crippen LogP) is 3.45. The number of anilines is 1. The summed E-state index contributed by atoms with van der Waals surface area (Å²) in [6.07, 6.45) is 7.44. The van der Waals surface area contributed by atoms with Crippen LogP contribution in [0.2, 0.25) is 0 Å². The first-order chi connectivity index (χ1) is 17.3. The average molecular weight is 500 g/mol. The maximum Gasteiger partial charge on any atom is 0.269 e. The van der Waals surface area contributed by atoms with E-state index >= 15 is 4.39 Å². The number of hydrogen-bond acceptors (Lipinski definition) is 7. The molecule has 190 valence electrons. The lowest BCUT2D eigenvalue weighted by Crippen LogP contribution is -2.37. The minimum absolute atomic E-state index is 0.0456. The monoisotopic (exact) mass is 499 g/mol. The number of hydrogen-bond donors (Lipinski definition) is 2. The summed E-state index contributed by atoms with van der Waals surface area (Å²) in [4.78, 5) is 20.6. The van der Waals surface area contributed by atoms with E-state index < -0.39 is 17.5 Å². The number of halogens is 2. The summed E-state index contributed by atoms with van der Waals surface area (Å²) in [6.45, 7) is 2.10. The fourth-order valence-corrected chi connectivity index (χ4v) is 4.74. The Morgan fingerprint density at radius 2 is 1.94 bits per heavy atom. The highest BCUT2D eigenvalue weighted by atomic mass is 19.1. The highest BCUT2D eigenvalue weighted by Gasteiger charge is 2.31. The summed E-state index contributed by atoms with van der Waals surface area (Å²) in [6, 6.07) is 1.30. The van der Waals surface area contributed by atoms with Crippen LogP contribution in [0.3, 0.4) is 0 Å². The molecule has 0 saturated heterocycles. The number of methoxy groups -OCH3 is 2. The molecular weight excluding hydrogens is 472 g/mol. The van der Waals surface area contributed by atoms with E-state index in [0.29, 0.717) is 5.95 Å². The van der Waals surface area contributed by atoms with E-state index in [1.54, 1.807) is 7.11 Å². The molecule has 2 N–H and O–H groups in total. The summed E-state index contributed by atoms with van der Waals surface area (Å²) in [5, 5.41) is 10.2. The van der Waals surface area contributed by atoms with Gasteiger partial charge in [0.05, 0.1) is 30.7 Å². The van der Waals surface area contributed by atoms with E-state index in [9.17, 15) is 9.18 Å². The minimum Gasteiger partial charge on any atom is -0.479 e. The maximum absolute atomic E-state index is 15.3. The van der Waals surface area contributed by atoms with Gasteiger partial charge >= 0.3 is 0 Å². The van der Waals surface area contributed by atoms with Gasteiger partial charge in [0.2, 0.25) is 11.8 Å². The summed E-state index contributed by atoms with van der Waals surface area (Å²) in [5.74, 6) is -1.38. The van der Waals surface area contributed by atoms with E-state index in [2.05, 4.69) is 32.6 Å². The van der Waals surface area contributed by atoms with Gasteiger partial charge in [-0.05, 0) is 38.7 Å². The number of imidazole rings is 1. The zero-order valence-electron chi connectivity index (χ0n) is 20.4. The largest absolute Gasteiger partial charge is 0.479 e. The van der Waals surface area contributed by atoms with E-state index in [-0.39, 0.29) is 45.5 Å². The van der Waals surface area contributed by atoms with Crippen LogP contribution in [0.5, 0.6) is 5.88 Å². The van der Waals surface area contributed by atoms with Gasteiger partial charge in [0.15, 0.2) is 17.3 Å². The second-order valence-corrected chi connectivity index (χ2v) is 9.16. The van der Waals surface area contributed by atoms with Crippen LogP contribution in [-0.2, 0) is 4.74 Å². The molecule has 4 aromatic rings. The number of fused-ring (bicyclic) bond motifs is 2. The van der Waals surface area contributed by atoms with Crippen molar-refractivity contribution in [1.29, 1.82) is 0 Å². The Balaban J connectivity index is 1.55. The Morgan fingerprint density at radius 3 is 2.61 bits per heavy atom. The molecule has 0 atom stereocenters. The molecule has 0 aliphatic heterocycles. The van der Waals surface area contributed by atoms with Crippen LogP contribution in [-0.4, -0.2) is 62.8 Å². The molecule has 0 bridgehead atoms. The number of carbonyl (C=O) groups excluding carboxylic acids is 1. The van der Waals surface area contributed by atoms with Gasteiger partial charge in [-0.1, -0.05) is 0 Å². The molecule has 1 fully saturated rings. The molecule has 36 heavy (non-hydrogen) atoms. The van der Waals surface area contributed by atoms with Gasteiger partial charge < -0.3 is 20.1 Å². The first-order valence-corrected chi connectivity index (χ1v) is 11.6. The molecule has 1 aliphatic rings. The quantitative estimate of drug-likeness (QED) is 0.419. The molecule has 0 unspecified atom stereocenters. The number of carbonyl (C=O) groups is 1. The van der Waals surface area contributed by atoms with Crippen LogP contribution in [0.25, 0.3) is 22.3 Å². The Bertz CT molecular complexity index is 1460. The molecule has 5 rings (SSSR count). The van der Waals surface area contributed by atoms with Crippen LogP contribution in [0.1, 0.15) is 43.1 Å². The fourth-order valence-electron chi connectivity index (χ4n) is 4.74. The molecule has 4 aromatic heterocycles. The Morgan fingerprint density at radius 1 is 1.19 bits per heavy atom. The number of pyridine rings is 1. The van der Waals surface area contributed by atoms with Gasteiger partial charge in [0, 0.05) is 32.0 Å². The fraction of sp³-hybridized carbons (Fsp3) is 0.417. The zero-order valence-corrected chi connectivity index (χ0v) is 20.4. The van der Waals surface area contributed by atoms with Gasteiger partial charge in [0.25, 0.3) is 5.91 Å². The van der Waals surface area contributed by atoms with Crippen LogP contribution in [0, 0.1) is 11.6 Å². The van der Waals surface area contributed by atoms with Gasteiger partial charge in [-0.2, -0.15) is 4.98 Å². The molecule has 1 amide bonds. The number of ether oxygens (including phenoxy) is 2. The third-order valence-corrected chi connectivity index (χ3v) is 6.92. The Labute approximate surface area is 205 Å². The molecule has 0 radical (unpaired) electrons. The maximum atomic E-state index is 15.3. The number of rotatable bonds is 6. The van der Waals surface area contributed by atoms with Crippen molar-refractivity contribution in [2.75, 3.05) is 26.6 Å². The topological polar surface area (TPSA) is 107 Å². The third-order valence-electron chi connectivity index (χ3n) is 6.92. The lowest BCUT2D eigenvalue weighted by molar-refractivity contribution is -0.0253. The van der Waals surface area contributed by atoms with Crippen molar-refractivity contribution in [3.8, 4) is 17.0 Å². The van der Waals surface area contributed by atoms with Gasteiger partial charge in [-0.25, -0.2) is 18.3 Å². The van der Waals surface area contributed by atoms with E-state index in [1.807, 2.05) is 0 Å². The first kappa shape index (κ1) is 23.9. The number of amides is 1. The van der Waals surface area contributed by atoms with Crippen LogP contribution in [0.4, 0.5) is 14.7 Å². The van der Waals surface area contributed by atoms with Crippen molar-refractivity contribution in [2.24, 2.45) is 0 Å². The highest BCUT2D eigenvalue weighted by Crippen LogP contribution is 2.36. The smallest absolute Gasteiger partial charge is 0.269 e. The van der Waals surface area contributed by atoms with Gasteiger partial charge in [0.1, 0.15) is 11.2 Å². The average Bonchev–Trinajstić information content (AvgIpc) is 3.45. The van der Waals surface area contributed by atoms with Crippen molar-refractivity contribution in [3.05, 3.63) is 42.0 Å². The third kappa shape index (κ3) is 4.00. The van der Waals surface area contributed by atoms with E-state index in [4.69, 9.17) is 9.47 Å². The lowest BCUT2D eigenvalue weighted by Gasteiger charge is -2.36. The van der Waals surface area contributed by atoms with Crippen molar-refractivity contribution >= 4 is 23.0 Å². The minimum atomic E-state index is -0.708. The molecular formula is C24H27F2N7O3. The molecule has 0 spiro atoms. The van der Waals surface area contributed by atoms with Crippen LogP contribution in [0.15, 0.2) is 24.7 Å². The van der Waals surface area contributed by atoms with Crippen LogP contribution >= 0.6 is 0 Å². The zero-order chi connectivity index (χ0) is 25.6. The molecule has 1 aliphatic carbocycles. The molecule has 4 heterocycles. The van der Waals surface area contributed by atoms with E-state index in [0.717, 1.165) is 31.7 Å². The van der Waals surface area contributed by atoms with Crippen molar-refractivity contribution in [2.45, 2.75) is 44.2 Å². The summed E-state index contributed by atoms with van der Waals surface area (Å²) in [5.41, 5.74) is 0.386. The summed E-state index contributed by atoms with van der Waals surface area (Å²) < 4.78 is 43.9. The summed E-state index contributed by atoms with van der Waals surface area (Å²) in [7, 11) is 4.61. The second-order valence-electron chi connectivity index (χ2n) is 9.16. The second kappa shape index (κ2) is 9.01. The number of nitrogens with zero attached hydrogens (tertiary/aromatic N) is 5. The van der Waals surface area contributed by atoms with Crippen molar-refractivity contribution < 1.29 is 23.0 Å². The van der Waals surface area contributed by atoms with Gasteiger partial charge in [-0.3, -0.25) is 9.20 Å². The lowest BCUT2D eigenvalue weighted by atomic mass is 9.83. The number of aromatic nitrogens is 5. The standard InChI is InChI=1S/C24H27F2N7O3/c1-24(36-4)7-5-14(6-8-24)29-23-30-22(35-3)19-18(16(26)12-33(19)31-23)13-9-15(25)20-28-10-17(21(34)27-2)32(20)11-13/h9-12,14H,5-8H2,1-4H3,(H,27,34)(H,29,31)/t14-,24-. The SMILES string of the molecule is CNC(=O)c1cnc2c(F)cc(-c3c(F)cn4nc(N[C@H]5CC[C@](C)(OC)CC5)nc(OC)c34)cn12. The predicted molar refractivity (Wildman–Crippen MR) is 128 cm³/mol. The van der Waals surface area contributed by atoms with Crippen molar-refractivity contribution in [1.82, 2.24) is 29.3 Å². The Hall–Kier alpha value is -3.80. The van der Waals surface area contributed by atoms with E-state index in [1.165, 1.54) is 41.7 Å².